The molecule has 1 atom stereocenters. The summed E-state index contributed by atoms with van der Waals surface area (Å²) in [5, 5.41) is 7.69. The average Bonchev–Trinajstić information content (AvgIpc) is 2.96. The molecule has 0 aliphatic carbocycles. The second kappa shape index (κ2) is 7.31. The fourth-order valence-corrected chi connectivity index (χ4v) is 2.55. The fraction of sp³-hybridized carbons (Fsp3) is 0.375. The number of benzene rings is 1. The molecule has 102 valence electrons. The highest BCUT2D eigenvalue weighted by molar-refractivity contribution is 7.07. The third-order valence-electron chi connectivity index (χ3n) is 3.04. The third-order valence-corrected chi connectivity index (χ3v) is 3.78. The summed E-state index contributed by atoms with van der Waals surface area (Å²) in [6.07, 6.45) is 1.15. The lowest BCUT2D eigenvalue weighted by atomic mass is 10.1. The minimum Gasteiger partial charge on any atom is -0.489 e. The van der Waals surface area contributed by atoms with Crippen molar-refractivity contribution in [1.82, 2.24) is 5.32 Å². The zero-order chi connectivity index (χ0) is 13.5. The maximum atomic E-state index is 5.82. The maximum Gasteiger partial charge on any atom is 0.120 e. The van der Waals surface area contributed by atoms with Gasteiger partial charge in [0, 0.05) is 6.04 Å². The molecule has 2 aromatic rings. The van der Waals surface area contributed by atoms with E-state index in [0.29, 0.717) is 12.6 Å². The Bertz CT molecular complexity index is 481. The van der Waals surface area contributed by atoms with Crippen LogP contribution in [0.25, 0.3) is 0 Å². The predicted molar refractivity (Wildman–Crippen MR) is 81.8 cm³/mol. The Morgan fingerprint density at radius 3 is 2.95 bits per heavy atom. The zero-order valence-electron chi connectivity index (χ0n) is 11.6. The van der Waals surface area contributed by atoms with Crippen LogP contribution in [0.1, 0.15) is 37.4 Å². The Kier molecular flexibility index (Phi) is 5.43. The summed E-state index contributed by atoms with van der Waals surface area (Å²) in [7, 11) is 0. The Hall–Kier alpha value is -1.32. The van der Waals surface area contributed by atoms with Crippen LogP contribution in [0.2, 0.25) is 0 Å². The van der Waals surface area contributed by atoms with Crippen molar-refractivity contribution in [3.8, 4) is 5.75 Å². The van der Waals surface area contributed by atoms with Crippen LogP contribution in [0.3, 0.4) is 0 Å². The number of rotatable bonds is 7. The molecule has 1 N–H and O–H groups in total. The van der Waals surface area contributed by atoms with Crippen molar-refractivity contribution in [2.24, 2.45) is 0 Å². The standard InChI is InChI=1S/C16H21NOS/c1-3-8-17-13(2)15-5-4-6-16(10-15)18-11-14-7-9-19-12-14/h4-7,9-10,12-13,17H,3,8,11H2,1-2H3. The number of thiophene rings is 1. The van der Waals surface area contributed by atoms with Gasteiger partial charge in [-0.05, 0) is 60.0 Å². The van der Waals surface area contributed by atoms with Gasteiger partial charge in [-0.3, -0.25) is 0 Å². The van der Waals surface area contributed by atoms with Crippen LogP contribution in [0.15, 0.2) is 41.1 Å². The predicted octanol–water partition coefficient (Wildman–Crippen LogP) is 4.39. The largest absolute Gasteiger partial charge is 0.489 e. The molecule has 0 bridgehead atoms. The first kappa shape index (κ1) is 14.1. The Balaban J connectivity index is 1.94. The van der Waals surface area contributed by atoms with Crippen molar-refractivity contribution >= 4 is 11.3 Å². The second-order valence-corrected chi connectivity index (χ2v) is 5.45. The van der Waals surface area contributed by atoms with Gasteiger partial charge >= 0.3 is 0 Å². The van der Waals surface area contributed by atoms with E-state index in [1.54, 1.807) is 11.3 Å². The molecule has 0 aliphatic rings. The molecule has 1 unspecified atom stereocenters. The minimum absolute atomic E-state index is 0.365. The first-order valence-corrected chi connectivity index (χ1v) is 7.71. The van der Waals surface area contributed by atoms with E-state index in [2.05, 4.69) is 54.2 Å². The van der Waals surface area contributed by atoms with Crippen LogP contribution < -0.4 is 10.1 Å². The van der Waals surface area contributed by atoms with Crippen molar-refractivity contribution in [2.45, 2.75) is 32.9 Å². The molecular formula is C16H21NOS. The van der Waals surface area contributed by atoms with Gasteiger partial charge in [-0.15, -0.1) is 0 Å². The van der Waals surface area contributed by atoms with E-state index in [4.69, 9.17) is 4.74 Å². The monoisotopic (exact) mass is 275 g/mol. The lowest BCUT2D eigenvalue weighted by molar-refractivity contribution is 0.306. The van der Waals surface area contributed by atoms with E-state index in [9.17, 15) is 0 Å². The molecular weight excluding hydrogens is 254 g/mol. The minimum atomic E-state index is 0.365. The molecule has 0 saturated carbocycles. The van der Waals surface area contributed by atoms with Gasteiger partial charge in [-0.1, -0.05) is 19.1 Å². The molecule has 19 heavy (non-hydrogen) atoms. The van der Waals surface area contributed by atoms with Gasteiger partial charge in [0.2, 0.25) is 0 Å². The number of ether oxygens (including phenoxy) is 1. The summed E-state index contributed by atoms with van der Waals surface area (Å²) >= 11 is 1.70. The first-order valence-electron chi connectivity index (χ1n) is 6.77. The number of nitrogens with one attached hydrogen (secondary N) is 1. The van der Waals surface area contributed by atoms with Crippen LogP contribution in [-0.4, -0.2) is 6.54 Å². The third kappa shape index (κ3) is 4.37. The van der Waals surface area contributed by atoms with E-state index in [-0.39, 0.29) is 0 Å². The van der Waals surface area contributed by atoms with Gasteiger partial charge in [-0.25, -0.2) is 0 Å². The summed E-state index contributed by atoms with van der Waals surface area (Å²) in [5.74, 6) is 0.939. The molecule has 1 aromatic heterocycles. The molecule has 1 heterocycles. The van der Waals surface area contributed by atoms with Crippen molar-refractivity contribution in [2.75, 3.05) is 6.54 Å². The molecule has 2 nitrogen and oxygen atoms in total. The lowest BCUT2D eigenvalue weighted by Gasteiger charge is -2.15. The van der Waals surface area contributed by atoms with Crippen LogP contribution in [0, 0.1) is 0 Å². The first-order chi connectivity index (χ1) is 9.29. The van der Waals surface area contributed by atoms with E-state index in [1.165, 1.54) is 11.1 Å². The highest BCUT2D eigenvalue weighted by atomic mass is 32.1. The Morgan fingerprint density at radius 2 is 2.21 bits per heavy atom. The van der Waals surface area contributed by atoms with Gasteiger partial charge in [0.15, 0.2) is 0 Å². The van der Waals surface area contributed by atoms with Gasteiger partial charge in [0.25, 0.3) is 0 Å². The topological polar surface area (TPSA) is 21.3 Å². The summed E-state index contributed by atoms with van der Waals surface area (Å²) in [6, 6.07) is 10.8. The summed E-state index contributed by atoms with van der Waals surface area (Å²) in [4.78, 5) is 0. The number of hydrogen-bond donors (Lipinski definition) is 1. The number of hydrogen-bond acceptors (Lipinski definition) is 3. The molecule has 2 rings (SSSR count). The average molecular weight is 275 g/mol. The molecule has 0 amide bonds. The molecule has 0 radical (unpaired) electrons. The molecule has 0 aliphatic heterocycles. The highest BCUT2D eigenvalue weighted by Crippen LogP contribution is 2.20. The molecule has 3 heteroatoms. The van der Waals surface area contributed by atoms with Crippen LogP contribution in [-0.2, 0) is 6.61 Å². The van der Waals surface area contributed by atoms with E-state index < -0.39 is 0 Å². The van der Waals surface area contributed by atoms with Crippen LogP contribution in [0.5, 0.6) is 5.75 Å². The Labute approximate surface area is 119 Å². The van der Waals surface area contributed by atoms with Crippen LogP contribution >= 0.6 is 11.3 Å². The smallest absolute Gasteiger partial charge is 0.120 e. The summed E-state index contributed by atoms with van der Waals surface area (Å²) in [5.41, 5.74) is 2.50. The lowest BCUT2D eigenvalue weighted by Crippen LogP contribution is -2.19. The second-order valence-electron chi connectivity index (χ2n) is 4.67. The fourth-order valence-electron chi connectivity index (χ4n) is 1.89. The van der Waals surface area contributed by atoms with Gasteiger partial charge in [-0.2, -0.15) is 11.3 Å². The SMILES string of the molecule is CCCNC(C)c1cccc(OCc2ccsc2)c1. The maximum absolute atomic E-state index is 5.82. The Morgan fingerprint density at radius 1 is 1.32 bits per heavy atom. The molecule has 1 aromatic carbocycles. The summed E-state index contributed by atoms with van der Waals surface area (Å²) < 4.78 is 5.82. The van der Waals surface area contributed by atoms with E-state index in [1.807, 2.05) is 6.07 Å². The normalized spacial score (nSPS) is 12.3. The summed E-state index contributed by atoms with van der Waals surface area (Å²) in [6.45, 7) is 6.05. The van der Waals surface area contributed by atoms with Gasteiger partial charge in [0.1, 0.15) is 12.4 Å². The van der Waals surface area contributed by atoms with Crippen LogP contribution in [0.4, 0.5) is 0 Å². The van der Waals surface area contributed by atoms with Crippen molar-refractivity contribution < 1.29 is 4.74 Å². The molecule has 0 saturated heterocycles. The molecule has 0 spiro atoms. The molecule has 0 fully saturated rings. The zero-order valence-corrected chi connectivity index (χ0v) is 12.4. The van der Waals surface area contributed by atoms with Crippen molar-refractivity contribution in [3.05, 3.63) is 52.2 Å². The van der Waals surface area contributed by atoms with Gasteiger partial charge in [0.05, 0.1) is 0 Å². The van der Waals surface area contributed by atoms with Crippen molar-refractivity contribution in [1.29, 1.82) is 0 Å². The van der Waals surface area contributed by atoms with E-state index >= 15 is 0 Å². The van der Waals surface area contributed by atoms with Crippen molar-refractivity contribution in [3.63, 3.8) is 0 Å². The van der Waals surface area contributed by atoms with E-state index in [0.717, 1.165) is 18.7 Å². The van der Waals surface area contributed by atoms with Gasteiger partial charge < -0.3 is 10.1 Å². The quantitative estimate of drug-likeness (QED) is 0.809. The highest BCUT2D eigenvalue weighted by Gasteiger charge is 2.05.